The number of nitriles is 1. The van der Waals surface area contributed by atoms with Crippen molar-refractivity contribution < 1.29 is 12.8 Å². The summed E-state index contributed by atoms with van der Waals surface area (Å²) < 4.78 is 35.9. The highest BCUT2D eigenvalue weighted by atomic mass is 32.2. The molecule has 36 heavy (non-hydrogen) atoms. The molecule has 2 atom stereocenters. The van der Waals surface area contributed by atoms with E-state index in [1.54, 1.807) is 24.3 Å². The van der Waals surface area contributed by atoms with Crippen molar-refractivity contribution >= 4 is 28.7 Å². The van der Waals surface area contributed by atoms with Crippen molar-refractivity contribution in [2.45, 2.75) is 62.6 Å². The predicted octanol–water partition coefficient (Wildman–Crippen LogP) is 4.62. The highest BCUT2D eigenvalue weighted by molar-refractivity contribution is 7.89. The first-order valence-corrected chi connectivity index (χ1v) is 15.7. The molecule has 3 aromatic carbocycles. The largest absolute Gasteiger partial charge is 0.406 e. The molecule has 1 aliphatic rings. The van der Waals surface area contributed by atoms with Gasteiger partial charge >= 0.3 is 0 Å². The van der Waals surface area contributed by atoms with Crippen LogP contribution in [0.3, 0.4) is 0 Å². The van der Waals surface area contributed by atoms with Crippen LogP contribution < -0.4 is 10.4 Å². The molecule has 1 fully saturated rings. The maximum absolute atomic E-state index is 13.7. The van der Waals surface area contributed by atoms with Gasteiger partial charge in [0, 0.05) is 6.04 Å². The third-order valence-electron chi connectivity index (χ3n) is 7.09. The average molecular weight is 519 g/mol. The lowest BCUT2D eigenvalue weighted by Crippen LogP contribution is -2.67. The number of hydrogen-bond donors (Lipinski definition) is 0. The maximum atomic E-state index is 13.7. The van der Waals surface area contributed by atoms with Crippen molar-refractivity contribution in [2.24, 2.45) is 0 Å². The Hall–Kier alpha value is -2.76. The van der Waals surface area contributed by atoms with E-state index in [9.17, 15) is 13.7 Å². The van der Waals surface area contributed by atoms with E-state index < -0.39 is 30.4 Å². The van der Waals surface area contributed by atoms with E-state index >= 15 is 0 Å². The topological polar surface area (TPSA) is 70.4 Å². The Morgan fingerprint density at radius 1 is 0.917 bits per heavy atom. The summed E-state index contributed by atoms with van der Waals surface area (Å²) >= 11 is 0. The van der Waals surface area contributed by atoms with Gasteiger partial charge in [-0.1, -0.05) is 99.1 Å². The van der Waals surface area contributed by atoms with Crippen molar-refractivity contribution in [3.8, 4) is 6.07 Å². The average Bonchev–Trinajstić information content (AvgIpc) is 3.29. The summed E-state index contributed by atoms with van der Waals surface area (Å²) in [6, 6.07) is 28.6. The van der Waals surface area contributed by atoms with Crippen LogP contribution in [-0.2, 0) is 14.4 Å². The van der Waals surface area contributed by atoms with Crippen LogP contribution in [0.15, 0.2) is 89.8 Å². The fourth-order valence-electron chi connectivity index (χ4n) is 5.32. The third-order valence-corrected chi connectivity index (χ3v) is 14.1. The van der Waals surface area contributed by atoms with Gasteiger partial charge in [0.15, 0.2) is 0 Å². The lowest BCUT2D eigenvalue weighted by atomic mass is 10.2. The molecule has 0 aromatic heterocycles. The Bertz CT molecular complexity index is 1280. The molecule has 7 heteroatoms. The molecule has 188 valence electrons. The van der Waals surface area contributed by atoms with Gasteiger partial charge in [0.25, 0.3) is 8.32 Å². The first kappa shape index (κ1) is 26.3. The van der Waals surface area contributed by atoms with Crippen LogP contribution in [0, 0.1) is 18.3 Å². The first-order valence-electron chi connectivity index (χ1n) is 12.4. The van der Waals surface area contributed by atoms with Gasteiger partial charge in [0.05, 0.1) is 17.6 Å². The molecule has 3 aromatic rings. The Labute approximate surface area is 216 Å². The molecule has 0 radical (unpaired) electrons. The molecular weight excluding hydrogens is 484 g/mol. The zero-order valence-electron chi connectivity index (χ0n) is 21.4. The molecule has 0 aliphatic carbocycles. The summed E-state index contributed by atoms with van der Waals surface area (Å²) in [5.74, 6) is 0. The van der Waals surface area contributed by atoms with E-state index in [1.165, 1.54) is 4.31 Å². The summed E-state index contributed by atoms with van der Waals surface area (Å²) in [4.78, 5) is 0.214. The Kier molecular flexibility index (Phi) is 7.53. The van der Waals surface area contributed by atoms with Crippen molar-refractivity contribution in [1.82, 2.24) is 4.31 Å². The molecule has 0 N–H and O–H groups in total. The number of sulfonamides is 1. The zero-order chi connectivity index (χ0) is 26.0. The Balaban J connectivity index is 1.75. The highest BCUT2D eigenvalue weighted by Gasteiger charge is 2.52. The summed E-state index contributed by atoms with van der Waals surface area (Å²) in [5, 5.41) is 11.9. The second-order valence-electron chi connectivity index (χ2n) is 10.5. The lowest BCUT2D eigenvalue weighted by Gasteiger charge is -2.44. The number of aryl methyl sites for hydroxylation is 1. The van der Waals surface area contributed by atoms with E-state index in [-0.39, 0.29) is 16.5 Å². The van der Waals surface area contributed by atoms with Crippen LogP contribution in [0.25, 0.3) is 0 Å². The van der Waals surface area contributed by atoms with Crippen LogP contribution in [0.5, 0.6) is 0 Å². The molecule has 4 rings (SSSR count). The van der Waals surface area contributed by atoms with E-state index in [2.05, 4.69) is 51.1 Å². The van der Waals surface area contributed by atoms with Crippen molar-refractivity contribution in [1.29, 1.82) is 5.26 Å². The van der Waals surface area contributed by atoms with Gasteiger partial charge in [-0.15, -0.1) is 0 Å². The van der Waals surface area contributed by atoms with Crippen LogP contribution in [-0.4, -0.2) is 39.7 Å². The molecule has 5 nitrogen and oxygen atoms in total. The second-order valence-corrected chi connectivity index (χ2v) is 16.6. The van der Waals surface area contributed by atoms with E-state index in [4.69, 9.17) is 4.43 Å². The summed E-state index contributed by atoms with van der Waals surface area (Å²) in [5.41, 5.74) is 0.985. The smallest absolute Gasteiger partial charge is 0.261 e. The fraction of sp³-hybridized carbons (Fsp3) is 0.345. The standard InChI is InChI=1S/C29H34N2O3SSi/c1-23-15-19-26(20-16-23)35(32,33)31-24(21-30)17-18-25(31)22-34-36(29(2,3)4,27-11-7-5-8-12-27)28-13-9-6-10-14-28/h5-16,19-20,24-25H,17-18,22H2,1-4H3/t24-,25-/m0/s1. The van der Waals surface area contributed by atoms with Gasteiger partial charge in [0.2, 0.25) is 10.0 Å². The van der Waals surface area contributed by atoms with E-state index in [0.29, 0.717) is 12.8 Å². The van der Waals surface area contributed by atoms with Crippen LogP contribution >= 0.6 is 0 Å². The molecule has 0 spiro atoms. The van der Waals surface area contributed by atoms with Gasteiger partial charge in [-0.05, 0) is 47.3 Å². The normalized spacial score (nSPS) is 19.2. The molecule has 0 bridgehead atoms. The van der Waals surface area contributed by atoms with Crippen LogP contribution in [0.4, 0.5) is 0 Å². The van der Waals surface area contributed by atoms with Gasteiger partial charge in [-0.3, -0.25) is 0 Å². The summed E-state index contributed by atoms with van der Waals surface area (Å²) in [7, 11) is -6.68. The molecular formula is C29H34N2O3SSi. The minimum absolute atomic E-state index is 0.214. The Morgan fingerprint density at radius 3 is 1.92 bits per heavy atom. The van der Waals surface area contributed by atoms with Crippen LogP contribution in [0.2, 0.25) is 5.04 Å². The maximum Gasteiger partial charge on any atom is 0.261 e. The third kappa shape index (κ3) is 4.79. The number of hydrogen-bond acceptors (Lipinski definition) is 4. The molecule has 1 aliphatic heterocycles. The predicted molar refractivity (Wildman–Crippen MR) is 146 cm³/mol. The van der Waals surface area contributed by atoms with E-state index in [0.717, 1.165) is 15.9 Å². The zero-order valence-corrected chi connectivity index (χ0v) is 23.2. The summed E-state index contributed by atoms with van der Waals surface area (Å²) in [6.45, 7) is 8.76. The van der Waals surface area contributed by atoms with Crippen LogP contribution in [0.1, 0.15) is 39.2 Å². The highest BCUT2D eigenvalue weighted by Crippen LogP contribution is 2.38. The molecule has 0 saturated carbocycles. The lowest BCUT2D eigenvalue weighted by molar-refractivity contribution is 0.213. The van der Waals surface area contributed by atoms with Crippen molar-refractivity contribution in [3.63, 3.8) is 0 Å². The van der Waals surface area contributed by atoms with Gasteiger partial charge < -0.3 is 4.43 Å². The summed E-state index contributed by atoms with van der Waals surface area (Å²) in [6.07, 6.45) is 1.08. The van der Waals surface area contributed by atoms with Gasteiger partial charge in [0.1, 0.15) is 6.04 Å². The first-order chi connectivity index (χ1) is 17.1. The quantitative estimate of drug-likeness (QED) is 0.428. The minimum atomic E-state index is -3.85. The van der Waals surface area contributed by atoms with E-state index in [1.807, 2.05) is 43.3 Å². The minimum Gasteiger partial charge on any atom is -0.406 e. The number of benzene rings is 3. The molecule has 1 saturated heterocycles. The fourth-order valence-corrected chi connectivity index (χ4v) is 11.7. The Morgan fingerprint density at radius 2 is 1.44 bits per heavy atom. The number of rotatable bonds is 7. The van der Waals surface area contributed by atoms with Crippen molar-refractivity contribution in [3.05, 3.63) is 90.5 Å². The second kappa shape index (κ2) is 10.3. The molecule has 0 unspecified atom stereocenters. The number of nitrogens with zero attached hydrogens (tertiary/aromatic N) is 2. The SMILES string of the molecule is Cc1ccc(S(=O)(=O)N2[C@H](CO[Si](c3ccccc3)(c3ccccc3)C(C)(C)C)CC[C@H]2C#N)cc1. The monoisotopic (exact) mass is 518 g/mol. The van der Waals surface area contributed by atoms with Crippen molar-refractivity contribution in [2.75, 3.05) is 6.61 Å². The van der Waals surface area contributed by atoms with Gasteiger partial charge in [-0.2, -0.15) is 9.57 Å². The van der Waals surface area contributed by atoms with Gasteiger partial charge in [-0.25, -0.2) is 8.42 Å². The molecule has 1 heterocycles. The molecule has 0 amide bonds.